The molecule has 2 fully saturated rings. The highest BCUT2D eigenvalue weighted by Gasteiger charge is 2.38. The minimum Gasteiger partial charge on any atom is -0.497 e. The van der Waals surface area contributed by atoms with Crippen LogP contribution in [0.3, 0.4) is 0 Å². The summed E-state index contributed by atoms with van der Waals surface area (Å²) in [4.78, 5) is 28.4. The number of ether oxygens (including phenoxy) is 2. The van der Waals surface area contributed by atoms with Crippen LogP contribution in [0.2, 0.25) is 0 Å². The van der Waals surface area contributed by atoms with E-state index in [2.05, 4.69) is 0 Å². The van der Waals surface area contributed by atoms with E-state index in [1.54, 1.807) is 42.2 Å². The highest BCUT2D eigenvalue weighted by atomic mass is 16.5. The van der Waals surface area contributed by atoms with Gasteiger partial charge in [0.15, 0.2) is 0 Å². The molecule has 24 heavy (non-hydrogen) atoms. The van der Waals surface area contributed by atoms with Gasteiger partial charge in [-0.25, -0.2) is 0 Å². The van der Waals surface area contributed by atoms with E-state index in [-0.39, 0.29) is 30.2 Å². The molecule has 1 unspecified atom stereocenters. The van der Waals surface area contributed by atoms with Gasteiger partial charge in [0.25, 0.3) is 0 Å². The zero-order valence-electron chi connectivity index (χ0n) is 14.0. The molecule has 0 aromatic heterocycles. The number of carbonyl (C=O) groups excluding carboxylic acids is 2. The molecule has 0 aliphatic carbocycles. The largest absolute Gasteiger partial charge is 0.497 e. The fourth-order valence-corrected chi connectivity index (χ4v) is 3.32. The number of hydrogen-bond acceptors (Lipinski definition) is 5. The molecule has 7 heteroatoms. The highest BCUT2D eigenvalue weighted by Crippen LogP contribution is 2.33. The van der Waals surface area contributed by atoms with Crippen LogP contribution in [0.4, 0.5) is 5.69 Å². The lowest BCUT2D eigenvalue weighted by Crippen LogP contribution is -2.37. The van der Waals surface area contributed by atoms with E-state index in [4.69, 9.17) is 15.2 Å². The quantitative estimate of drug-likeness (QED) is 0.873. The Morgan fingerprint density at radius 1 is 1.17 bits per heavy atom. The second kappa shape index (κ2) is 6.68. The number of likely N-dealkylation sites (tertiary alicyclic amines) is 1. The Labute approximate surface area is 141 Å². The third-order valence-electron chi connectivity index (χ3n) is 4.66. The van der Waals surface area contributed by atoms with Crippen molar-refractivity contribution in [3.63, 3.8) is 0 Å². The van der Waals surface area contributed by atoms with Crippen molar-refractivity contribution in [1.82, 2.24) is 4.90 Å². The van der Waals surface area contributed by atoms with Crippen LogP contribution in [0.5, 0.6) is 11.5 Å². The van der Waals surface area contributed by atoms with E-state index in [1.807, 2.05) is 0 Å². The lowest BCUT2D eigenvalue weighted by atomic mass is 10.1. The van der Waals surface area contributed by atoms with E-state index in [0.29, 0.717) is 36.8 Å². The molecule has 0 bridgehead atoms. The fraction of sp³-hybridized carbons (Fsp3) is 0.529. The third-order valence-corrected chi connectivity index (χ3v) is 4.66. The predicted molar refractivity (Wildman–Crippen MR) is 89.2 cm³/mol. The zero-order chi connectivity index (χ0) is 17.3. The number of amides is 2. The molecule has 0 spiro atoms. The first kappa shape index (κ1) is 16.6. The zero-order valence-corrected chi connectivity index (χ0v) is 14.0. The normalized spacial score (nSPS) is 23.7. The predicted octanol–water partition coefficient (Wildman–Crippen LogP) is 0.616. The molecule has 0 saturated carbocycles. The molecule has 2 N–H and O–H groups in total. The molecule has 2 aliphatic heterocycles. The smallest absolute Gasteiger partial charge is 0.228 e. The Hall–Kier alpha value is -2.28. The van der Waals surface area contributed by atoms with Crippen molar-refractivity contribution in [3.05, 3.63) is 18.2 Å². The van der Waals surface area contributed by atoms with Crippen LogP contribution in [-0.2, 0) is 9.59 Å². The summed E-state index contributed by atoms with van der Waals surface area (Å²) in [5, 5.41) is 0. The first-order chi connectivity index (χ1) is 11.5. The van der Waals surface area contributed by atoms with Crippen molar-refractivity contribution in [2.75, 3.05) is 38.8 Å². The summed E-state index contributed by atoms with van der Waals surface area (Å²) in [6, 6.07) is 5.35. The lowest BCUT2D eigenvalue weighted by molar-refractivity contribution is -0.134. The second-order valence-corrected chi connectivity index (χ2v) is 6.31. The van der Waals surface area contributed by atoms with Crippen molar-refractivity contribution in [3.8, 4) is 11.5 Å². The number of benzene rings is 1. The molecule has 1 aromatic rings. The summed E-state index contributed by atoms with van der Waals surface area (Å²) in [5.41, 5.74) is 6.56. The van der Waals surface area contributed by atoms with Gasteiger partial charge in [0, 0.05) is 50.3 Å². The van der Waals surface area contributed by atoms with Crippen molar-refractivity contribution < 1.29 is 19.1 Å². The van der Waals surface area contributed by atoms with Gasteiger partial charge < -0.3 is 25.0 Å². The van der Waals surface area contributed by atoms with Gasteiger partial charge in [-0.15, -0.1) is 0 Å². The molecule has 130 valence electrons. The number of rotatable bonds is 4. The van der Waals surface area contributed by atoms with Crippen LogP contribution in [0.15, 0.2) is 18.2 Å². The molecule has 2 saturated heterocycles. The summed E-state index contributed by atoms with van der Waals surface area (Å²) < 4.78 is 10.5. The fourth-order valence-electron chi connectivity index (χ4n) is 3.32. The van der Waals surface area contributed by atoms with Crippen LogP contribution in [0, 0.1) is 5.92 Å². The van der Waals surface area contributed by atoms with Crippen LogP contribution in [-0.4, -0.2) is 56.6 Å². The van der Waals surface area contributed by atoms with Gasteiger partial charge in [0.2, 0.25) is 11.8 Å². The molecule has 1 aromatic carbocycles. The second-order valence-electron chi connectivity index (χ2n) is 6.31. The molecule has 2 amide bonds. The van der Waals surface area contributed by atoms with Gasteiger partial charge in [-0.05, 0) is 6.42 Å². The summed E-state index contributed by atoms with van der Waals surface area (Å²) in [6.45, 7) is 1.63. The number of methoxy groups -OCH3 is 2. The molecular formula is C17H23N3O4. The summed E-state index contributed by atoms with van der Waals surface area (Å²) in [6.07, 6.45) is 1.05. The topological polar surface area (TPSA) is 85.1 Å². The van der Waals surface area contributed by atoms with Crippen LogP contribution in [0.25, 0.3) is 0 Å². The highest BCUT2D eigenvalue weighted by molar-refractivity contribution is 6.00. The third kappa shape index (κ3) is 3.17. The van der Waals surface area contributed by atoms with Crippen LogP contribution in [0.1, 0.15) is 12.8 Å². The maximum absolute atomic E-state index is 12.6. The maximum atomic E-state index is 12.6. The SMILES string of the molecule is COc1cc(OC)cc(N2CC(C(=O)N3CC[C@@H](N)C3)CC2=O)c1. The number of anilines is 1. The van der Waals surface area contributed by atoms with Gasteiger partial charge in [-0.1, -0.05) is 0 Å². The first-order valence-electron chi connectivity index (χ1n) is 8.09. The average molecular weight is 333 g/mol. The van der Waals surface area contributed by atoms with E-state index >= 15 is 0 Å². The Kier molecular flexibility index (Phi) is 4.62. The van der Waals surface area contributed by atoms with Crippen LogP contribution >= 0.6 is 0 Å². The summed E-state index contributed by atoms with van der Waals surface area (Å²) in [7, 11) is 3.13. The first-order valence-corrected chi connectivity index (χ1v) is 8.09. The van der Waals surface area contributed by atoms with Gasteiger partial charge in [0.1, 0.15) is 11.5 Å². The maximum Gasteiger partial charge on any atom is 0.228 e. The molecule has 7 nitrogen and oxygen atoms in total. The summed E-state index contributed by atoms with van der Waals surface area (Å²) >= 11 is 0. The van der Waals surface area contributed by atoms with Gasteiger partial charge >= 0.3 is 0 Å². The average Bonchev–Trinajstić information content (AvgIpc) is 3.19. The Morgan fingerprint density at radius 3 is 2.38 bits per heavy atom. The Morgan fingerprint density at radius 2 is 1.83 bits per heavy atom. The Bertz CT molecular complexity index is 626. The van der Waals surface area contributed by atoms with Gasteiger partial charge in [-0.3, -0.25) is 9.59 Å². The number of carbonyl (C=O) groups is 2. The van der Waals surface area contributed by atoms with E-state index in [1.165, 1.54) is 0 Å². The van der Waals surface area contributed by atoms with Crippen LogP contribution < -0.4 is 20.1 Å². The summed E-state index contributed by atoms with van der Waals surface area (Å²) in [5.74, 6) is 0.857. The van der Waals surface area contributed by atoms with E-state index in [0.717, 1.165) is 6.42 Å². The molecule has 0 radical (unpaired) electrons. The standard InChI is InChI=1S/C17H23N3O4/c1-23-14-6-13(7-15(8-14)24-2)20-9-11(5-16(20)21)17(22)19-4-3-12(18)10-19/h6-8,11-12H,3-5,9-10,18H2,1-2H3/t11?,12-/m1/s1. The van der Waals surface area contributed by atoms with Gasteiger partial charge in [-0.2, -0.15) is 0 Å². The van der Waals surface area contributed by atoms with Crippen molar-refractivity contribution >= 4 is 17.5 Å². The minimum absolute atomic E-state index is 0.0219. The number of hydrogen-bond donors (Lipinski definition) is 1. The van der Waals surface area contributed by atoms with Crippen molar-refractivity contribution in [2.24, 2.45) is 11.7 Å². The van der Waals surface area contributed by atoms with E-state index in [9.17, 15) is 9.59 Å². The molecule has 2 aliphatic rings. The molecule has 2 heterocycles. The van der Waals surface area contributed by atoms with Crippen molar-refractivity contribution in [1.29, 1.82) is 0 Å². The van der Waals surface area contributed by atoms with E-state index < -0.39 is 0 Å². The number of nitrogens with zero attached hydrogens (tertiary/aromatic N) is 2. The molecule has 3 rings (SSSR count). The molecule has 2 atom stereocenters. The minimum atomic E-state index is -0.319. The monoisotopic (exact) mass is 333 g/mol. The van der Waals surface area contributed by atoms with Crippen molar-refractivity contribution in [2.45, 2.75) is 18.9 Å². The lowest BCUT2D eigenvalue weighted by Gasteiger charge is -2.21. The number of nitrogens with two attached hydrogens (primary N) is 1. The Balaban J connectivity index is 1.76. The van der Waals surface area contributed by atoms with Gasteiger partial charge in [0.05, 0.1) is 25.8 Å². The molecular weight excluding hydrogens is 310 g/mol.